The molecule has 0 unspecified atom stereocenters. The lowest BCUT2D eigenvalue weighted by atomic mass is 10.0. The van der Waals surface area contributed by atoms with E-state index in [0.717, 1.165) is 23.9 Å². The Morgan fingerprint density at radius 1 is 1.55 bits per heavy atom. The molecule has 1 fully saturated rings. The summed E-state index contributed by atoms with van der Waals surface area (Å²) in [7, 11) is 0. The molecule has 0 radical (unpaired) electrons. The van der Waals surface area contributed by atoms with Gasteiger partial charge in [0, 0.05) is 24.0 Å². The van der Waals surface area contributed by atoms with Gasteiger partial charge in [-0.25, -0.2) is 4.79 Å². The van der Waals surface area contributed by atoms with Crippen LogP contribution in [0.1, 0.15) is 26.7 Å². The molecule has 20 heavy (non-hydrogen) atoms. The summed E-state index contributed by atoms with van der Waals surface area (Å²) in [6.07, 6.45) is 3.81. The number of nitrogens with zero attached hydrogens (tertiary/aromatic N) is 1. The van der Waals surface area contributed by atoms with Crippen LogP contribution >= 0.6 is 15.9 Å². The van der Waals surface area contributed by atoms with Crippen LogP contribution in [-0.2, 0) is 9.47 Å². The van der Waals surface area contributed by atoms with Crippen LogP contribution in [0.25, 0.3) is 0 Å². The number of urea groups is 1. The van der Waals surface area contributed by atoms with Crippen LogP contribution in [0.3, 0.4) is 0 Å². The van der Waals surface area contributed by atoms with Gasteiger partial charge in [0.15, 0.2) is 5.79 Å². The SMILES string of the molecule is C[C@H](CNC(=O)N1CCC=C(Br)C1)CC1(C)OCCO1. The Morgan fingerprint density at radius 3 is 2.90 bits per heavy atom. The monoisotopic (exact) mass is 346 g/mol. The molecular weight excluding hydrogens is 324 g/mol. The molecule has 0 aromatic rings. The van der Waals surface area contributed by atoms with E-state index in [0.29, 0.717) is 32.2 Å². The van der Waals surface area contributed by atoms with Crippen molar-refractivity contribution in [2.24, 2.45) is 5.92 Å². The van der Waals surface area contributed by atoms with Gasteiger partial charge in [-0.2, -0.15) is 0 Å². The summed E-state index contributed by atoms with van der Waals surface area (Å²) >= 11 is 3.45. The van der Waals surface area contributed by atoms with Gasteiger partial charge in [0.2, 0.25) is 0 Å². The van der Waals surface area contributed by atoms with Crippen molar-refractivity contribution in [2.75, 3.05) is 32.8 Å². The molecule has 2 aliphatic rings. The van der Waals surface area contributed by atoms with Crippen molar-refractivity contribution in [1.29, 1.82) is 0 Å². The maximum absolute atomic E-state index is 12.1. The van der Waals surface area contributed by atoms with Gasteiger partial charge >= 0.3 is 6.03 Å². The number of hydrogen-bond acceptors (Lipinski definition) is 3. The maximum Gasteiger partial charge on any atom is 0.317 e. The van der Waals surface area contributed by atoms with E-state index in [4.69, 9.17) is 9.47 Å². The normalized spacial score (nSPS) is 23.4. The number of carbonyl (C=O) groups is 1. The molecule has 0 aromatic heterocycles. The maximum atomic E-state index is 12.1. The minimum atomic E-state index is -0.485. The first-order valence-corrected chi connectivity index (χ1v) is 7.93. The summed E-state index contributed by atoms with van der Waals surface area (Å²) in [6.45, 7) is 7.45. The molecule has 0 bridgehead atoms. The van der Waals surface area contributed by atoms with E-state index in [1.54, 1.807) is 0 Å². The lowest BCUT2D eigenvalue weighted by Crippen LogP contribution is -2.44. The molecule has 1 saturated heterocycles. The molecule has 2 rings (SSSR count). The van der Waals surface area contributed by atoms with Crippen molar-refractivity contribution in [3.05, 3.63) is 10.6 Å². The van der Waals surface area contributed by atoms with Gasteiger partial charge in [0.25, 0.3) is 0 Å². The van der Waals surface area contributed by atoms with E-state index in [2.05, 4.69) is 34.2 Å². The molecule has 0 spiro atoms. The second-order valence-electron chi connectivity index (χ2n) is 5.69. The van der Waals surface area contributed by atoms with Crippen molar-refractivity contribution in [1.82, 2.24) is 10.2 Å². The van der Waals surface area contributed by atoms with Crippen molar-refractivity contribution in [3.63, 3.8) is 0 Å². The molecule has 0 aromatic carbocycles. The Kier molecular flexibility index (Phi) is 5.46. The lowest BCUT2D eigenvalue weighted by Gasteiger charge is -2.28. The molecule has 5 nitrogen and oxygen atoms in total. The zero-order valence-electron chi connectivity index (χ0n) is 12.2. The molecule has 114 valence electrons. The third-order valence-corrected chi connectivity index (χ3v) is 4.19. The Morgan fingerprint density at radius 2 is 2.25 bits per heavy atom. The van der Waals surface area contributed by atoms with Gasteiger partial charge in [-0.3, -0.25) is 0 Å². The average molecular weight is 347 g/mol. The number of amides is 2. The minimum absolute atomic E-state index is 0.000289. The molecule has 2 heterocycles. The Bertz CT molecular complexity index is 381. The second kappa shape index (κ2) is 6.91. The van der Waals surface area contributed by atoms with E-state index in [1.165, 1.54) is 0 Å². The fourth-order valence-corrected chi connectivity index (χ4v) is 3.16. The fourth-order valence-electron chi connectivity index (χ4n) is 2.63. The zero-order valence-corrected chi connectivity index (χ0v) is 13.7. The largest absolute Gasteiger partial charge is 0.348 e. The lowest BCUT2D eigenvalue weighted by molar-refractivity contribution is -0.153. The Hall–Kier alpha value is -0.590. The van der Waals surface area contributed by atoms with Gasteiger partial charge in [-0.15, -0.1) is 0 Å². The summed E-state index contributed by atoms with van der Waals surface area (Å²) in [5.41, 5.74) is 0. The van der Waals surface area contributed by atoms with Crippen molar-refractivity contribution in [3.8, 4) is 0 Å². The van der Waals surface area contributed by atoms with Gasteiger partial charge in [-0.1, -0.05) is 28.9 Å². The van der Waals surface area contributed by atoms with E-state index in [1.807, 2.05) is 11.8 Å². The summed E-state index contributed by atoms with van der Waals surface area (Å²) in [6, 6.07) is 0.000289. The number of hydrogen-bond donors (Lipinski definition) is 1. The smallest absolute Gasteiger partial charge is 0.317 e. The topological polar surface area (TPSA) is 50.8 Å². The first kappa shape index (κ1) is 15.8. The van der Waals surface area contributed by atoms with Gasteiger partial charge in [0.05, 0.1) is 19.8 Å². The Labute approximate surface area is 128 Å². The summed E-state index contributed by atoms with van der Waals surface area (Å²) in [4.78, 5) is 13.9. The molecule has 0 aliphatic carbocycles. The molecule has 0 saturated carbocycles. The van der Waals surface area contributed by atoms with E-state index in [9.17, 15) is 4.79 Å². The third-order valence-electron chi connectivity index (χ3n) is 3.61. The second-order valence-corrected chi connectivity index (χ2v) is 6.71. The highest BCUT2D eigenvalue weighted by Crippen LogP contribution is 2.26. The zero-order chi connectivity index (χ0) is 14.6. The predicted molar refractivity (Wildman–Crippen MR) is 80.7 cm³/mol. The quantitative estimate of drug-likeness (QED) is 0.850. The standard InChI is InChI=1S/C14H23BrN2O3/c1-11(8-14(2)19-6-7-20-14)9-16-13(18)17-5-3-4-12(15)10-17/h4,11H,3,5-10H2,1-2H3,(H,16,18)/t11-/m0/s1. The number of nitrogens with one attached hydrogen (secondary N) is 1. The fraction of sp³-hybridized carbons (Fsp3) is 0.786. The summed E-state index contributed by atoms with van der Waals surface area (Å²) in [5.74, 6) is -0.174. The van der Waals surface area contributed by atoms with Gasteiger partial charge in [-0.05, 0) is 19.3 Å². The molecular formula is C14H23BrN2O3. The van der Waals surface area contributed by atoms with Crippen LogP contribution in [0, 0.1) is 5.92 Å². The predicted octanol–water partition coefficient (Wildman–Crippen LogP) is 2.47. The van der Waals surface area contributed by atoms with Crippen LogP contribution in [0.5, 0.6) is 0 Å². The molecule has 1 N–H and O–H groups in total. The summed E-state index contributed by atoms with van der Waals surface area (Å²) in [5, 5.41) is 2.99. The molecule has 6 heteroatoms. The number of halogens is 1. The molecule has 2 amide bonds. The first-order chi connectivity index (χ1) is 9.48. The summed E-state index contributed by atoms with van der Waals surface area (Å²) < 4.78 is 12.3. The number of ether oxygens (including phenoxy) is 2. The molecule has 2 aliphatic heterocycles. The number of rotatable bonds is 4. The van der Waals surface area contributed by atoms with Crippen molar-refractivity contribution >= 4 is 22.0 Å². The van der Waals surface area contributed by atoms with E-state index in [-0.39, 0.29) is 6.03 Å². The van der Waals surface area contributed by atoms with Gasteiger partial charge in [0.1, 0.15) is 0 Å². The van der Waals surface area contributed by atoms with Crippen molar-refractivity contribution < 1.29 is 14.3 Å². The minimum Gasteiger partial charge on any atom is -0.348 e. The average Bonchev–Trinajstić information content (AvgIpc) is 2.82. The van der Waals surface area contributed by atoms with Crippen LogP contribution in [-0.4, -0.2) is 49.6 Å². The van der Waals surface area contributed by atoms with Crippen LogP contribution in [0.2, 0.25) is 0 Å². The highest BCUT2D eigenvalue weighted by molar-refractivity contribution is 9.11. The van der Waals surface area contributed by atoms with Crippen LogP contribution in [0.4, 0.5) is 4.79 Å². The van der Waals surface area contributed by atoms with Crippen LogP contribution < -0.4 is 5.32 Å². The molecule has 1 atom stereocenters. The Balaban J connectivity index is 1.71. The third kappa shape index (κ3) is 4.46. The first-order valence-electron chi connectivity index (χ1n) is 7.14. The highest BCUT2D eigenvalue weighted by Gasteiger charge is 2.32. The van der Waals surface area contributed by atoms with E-state index < -0.39 is 5.79 Å². The van der Waals surface area contributed by atoms with Crippen LogP contribution in [0.15, 0.2) is 10.6 Å². The van der Waals surface area contributed by atoms with Crippen molar-refractivity contribution in [2.45, 2.75) is 32.5 Å². The highest BCUT2D eigenvalue weighted by atomic mass is 79.9. The number of carbonyl (C=O) groups excluding carboxylic acids is 1. The van der Waals surface area contributed by atoms with Gasteiger partial charge < -0.3 is 19.7 Å². The van der Waals surface area contributed by atoms with E-state index >= 15 is 0 Å².